The van der Waals surface area contributed by atoms with E-state index in [1.807, 2.05) is 30.5 Å². The topological polar surface area (TPSA) is 94.3 Å². The average Bonchev–Trinajstić information content (AvgIpc) is 3.97. The number of phenolic OH excluding ortho intramolecular Hbond substituents is 1. The van der Waals surface area contributed by atoms with Crippen LogP contribution in [0.5, 0.6) is 5.75 Å². The first kappa shape index (κ1) is 40.0. The zero-order chi connectivity index (χ0) is 41.3. The Morgan fingerprint density at radius 1 is 0.705 bits per heavy atom. The van der Waals surface area contributed by atoms with Crippen molar-refractivity contribution in [3.63, 3.8) is 0 Å². The Morgan fingerprint density at radius 3 is 2.18 bits per heavy atom. The van der Waals surface area contributed by atoms with Crippen molar-refractivity contribution in [3.8, 4) is 67.5 Å². The van der Waals surface area contributed by atoms with E-state index in [1.54, 1.807) is 16.8 Å². The summed E-state index contributed by atoms with van der Waals surface area (Å²) >= 11 is 0. The first-order valence-electron chi connectivity index (χ1n) is 20.2. The molecule has 0 spiro atoms. The summed E-state index contributed by atoms with van der Waals surface area (Å²) in [4.78, 5) is 10.4. The molecule has 0 aliphatic rings. The summed E-state index contributed by atoms with van der Waals surface area (Å²) < 4.78 is 10.3. The fourth-order valence-corrected chi connectivity index (χ4v) is 9.23. The summed E-state index contributed by atoms with van der Waals surface area (Å²) in [5, 5.41) is 21.5. The predicted molar refractivity (Wildman–Crippen MR) is 245 cm³/mol. The van der Waals surface area contributed by atoms with Gasteiger partial charge in [0.05, 0.1) is 30.3 Å². The summed E-state index contributed by atoms with van der Waals surface area (Å²) in [5.74, 6) is 0.905. The van der Waals surface area contributed by atoms with Gasteiger partial charge in [-0.05, 0) is 52.4 Å². The van der Waals surface area contributed by atoms with Crippen molar-refractivity contribution in [2.45, 2.75) is 45.8 Å². The molecule has 8 nitrogen and oxygen atoms in total. The number of hydrogen-bond donors (Lipinski definition) is 1. The summed E-state index contributed by atoms with van der Waals surface area (Å²) in [6, 6.07) is 49.9. The third kappa shape index (κ3) is 7.11. The Morgan fingerprint density at radius 2 is 1.44 bits per heavy atom. The maximum atomic E-state index is 11.9. The quantitative estimate of drug-likeness (QED) is 0.126. The number of imidazole rings is 1. The van der Waals surface area contributed by atoms with E-state index in [1.165, 1.54) is 5.19 Å². The van der Waals surface area contributed by atoms with Crippen LogP contribution in [-0.4, -0.2) is 42.3 Å². The smallest absolute Gasteiger partial charge is 0.327 e. The molecule has 4 heterocycles. The van der Waals surface area contributed by atoms with Crippen LogP contribution in [0.4, 0.5) is 0 Å². The van der Waals surface area contributed by atoms with Gasteiger partial charge < -0.3 is 9.52 Å². The molecular formula is C51H43N6O2PtSi-. The van der Waals surface area contributed by atoms with Crippen molar-refractivity contribution in [2.24, 2.45) is 0 Å². The van der Waals surface area contributed by atoms with E-state index < -0.39 is 8.07 Å². The van der Waals surface area contributed by atoms with Crippen LogP contribution in [0.1, 0.15) is 26.3 Å². The number of phenols is 1. The van der Waals surface area contributed by atoms with Crippen molar-refractivity contribution >= 4 is 41.2 Å². The minimum absolute atomic E-state index is 0. The van der Waals surface area contributed by atoms with Crippen molar-refractivity contribution in [3.05, 3.63) is 158 Å². The van der Waals surface area contributed by atoms with Gasteiger partial charge in [-0.3, -0.25) is 9.55 Å². The maximum absolute atomic E-state index is 11.9. The molecule has 0 aliphatic heterocycles. The molecule has 0 radical (unpaired) electrons. The van der Waals surface area contributed by atoms with Crippen LogP contribution in [-0.2, 0) is 26.5 Å². The van der Waals surface area contributed by atoms with Gasteiger partial charge in [0.2, 0.25) is 0 Å². The SMILES string of the molecule is CC(C)(C)c1cc(-c2cc(-c3ccccc3)ccn2)[c-]c(-c2cccc3c2nc(-c2c(O)ccc4c2oc2nncn24)n3-c2ccc([Si](C)(C)C)cc2-c2ccccc2)c1.[Pt]. The molecule has 0 saturated carbocycles. The maximum Gasteiger partial charge on any atom is 0.327 e. The number of fused-ring (bicyclic) bond motifs is 4. The number of benzene rings is 6. The molecule has 0 unspecified atom stereocenters. The fraction of sp³-hybridized carbons (Fsp3) is 0.137. The van der Waals surface area contributed by atoms with E-state index in [-0.39, 0.29) is 32.2 Å². The molecule has 4 aromatic heterocycles. The normalized spacial score (nSPS) is 12.0. The largest absolute Gasteiger partial charge is 0.507 e. The Hall–Kier alpha value is -6.41. The number of oxazole rings is 1. The second-order valence-electron chi connectivity index (χ2n) is 17.4. The molecule has 0 fully saturated rings. The monoisotopic (exact) mass is 994 g/mol. The summed E-state index contributed by atoms with van der Waals surface area (Å²) in [6.07, 6.45) is 3.49. The van der Waals surface area contributed by atoms with Gasteiger partial charge in [0.25, 0.3) is 0 Å². The van der Waals surface area contributed by atoms with E-state index in [9.17, 15) is 5.11 Å². The van der Waals surface area contributed by atoms with Crippen molar-refractivity contribution in [2.75, 3.05) is 0 Å². The van der Waals surface area contributed by atoms with E-state index in [0.29, 0.717) is 22.8 Å². The number of aromatic hydroxyl groups is 1. The second-order valence-corrected chi connectivity index (χ2v) is 22.5. The van der Waals surface area contributed by atoms with Crippen LogP contribution in [0.2, 0.25) is 19.6 Å². The predicted octanol–water partition coefficient (Wildman–Crippen LogP) is 11.9. The minimum Gasteiger partial charge on any atom is -0.507 e. The van der Waals surface area contributed by atoms with Crippen LogP contribution in [0.15, 0.2) is 150 Å². The van der Waals surface area contributed by atoms with E-state index >= 15 is 0 Å². The molecule has 304 valence electrons. The summed E-state index contributed by atoms with van der Waals surface area (Å²) in [5.41, 5.74) is 13.1. The first-order chi connectivity index (χ1) is 28.9. The number of hydrogen-bond acceptors (Lipinski definition) is 6. The Bertz CT molecular complexity index is 3250. The molecule has 0 atom stereocenters. The van der Waals surface area contributed by atoms with Crippen molar-refractivity contribution in [1.82, 2.24) is 29.1 Å². The Balaban J connectivity index is 0.00000476. The number of aromatic nitrogens is 6. The first-order valence-corrected chi connectivity index (χ1v) is 23.7. The van der Waals surface area contributed by atoms with Gasteiger partial charge in [-0.15, -0.1) is 34.4 Å². The minimum atomic E-state index is -1.73. The van der Waals surface area contributed by atoms with Gasteiger partial charge in [-0.1, -0.05) is 153 Å². The van der Waals surface area contributed by atoms with Crippen LogP contribution in [0, 0.1) is 6.07 Å². The molecule has 61 heavy (non-hydrogen) atoms. The number of rotatable bonds is 7. The standard InChI is InChI=1S/C51H43N6O2Si.Pt/c1-51(2,3)37-27-35(26-36(28-37)41-29-34(24-25-52-41)32-14-9-7-10-15-32)39-18-13-19-43-47(39)54-49(46-45(58)23-22-44-48(46)59-50-55-53-31-56(44)50)57(43)42-21-20-38(60(4,5)6)30-40(42)33-16-11-8-12-17-33;/h7-25,27-31,58H,1-6H3;/q-1;. The van der Waals surface area contributed by atoms with Crippen LogP contribution >= 0.6 is 0 Å². The Kier molecular flexibility index (Phi) is 10.0. The fourth-order valence-electron chi connectivity index (χ4n) is 8.07. The third-order valence-corrected chi connectivity index (χ3v) is 13.4. The molecule has 0 aliphatic carbocycles. The third-order valence-electron chi connectivity index (χ3n) is 11.3. The molecule has 0 amide bonds. The number of pyridine rings is 1. The van der Waals surface area contributed by atoms with E-state index in [2.05, 4.69) is 164 Å². The van der Waals surface area contributed by atoms with Gasteiger partial charge >= 0.3 is 5.84 Å². The number of nitrogens with zero attached hydrogens (tertiary/aromatic N) is 6. The van der Waals surface area contributed by atoms with Gasteiger partial charge in [0, 0.05) is 38.5 Å². The second kappa shape index (κ2) is 15.2. The van der Waals surface area contributed by atoms with Gasteiger partial charge in [-0.25, -0.2) is 9.38 Å². The molecule has 1 N–H and O–H groups in total. The van der Waals surface area contributed by atoms with Gasteiger partial charge in [0.15, 0.2) is 11.4 Å². The molecule has 0 saturated heterocycles. The number of para-hydroxylation sites is 1. The molecule has 6 aromatic carbocycles. The molecule has 0 bridgehead atoms. The molecular weight excluding hydrogens is 952 g/mol. The zero-order valence-electron chi connectivity index (χ0n) is 34.7. The van der Waals surface area contributed by atoms with E-state index in [0.717, 1.165) is 72.4 Å². The van der Waals surface area contributed by atoms with E-state index in [4.69, 9.17) is 14.4 Å². The molecule has 10 aromatic rings. The zero-order valence-corrected chi connectivity index (χ0v) is 38.0. The van der Waals surface area contributed by atoms with Crippen LogP contribution in [0.25, 0.3) is 89.7 Å². The molecule has 10 rings (SSSR count). The van der Waals surface area contributed by atoms with Crippen molar-refractivity contribution in [1.29, 1.82) is 0 Å². The van der Waals surface area contributed by atoms with Crippen LogP contribution < -0.4 is 5.19 Å². The Labute approximate surface area is 369 Å². The van der Waals surface area contributed by atoms with Crippen molar-refractivity contribution < 1.29 is 30.6 Å². The van der Waals surface area contributed by atoms with Gasteiger partial charge in [-0.2, -0.15) is 0 Å². The van der Waals surface area contributed by atoms with Crippen LogP contribution in [0.3, 0.4) is 0 Å². The average molecular weight is 995 g/mol. The van der Waals surface area contributed by atoms with Gasteiger partial charge in [0.1, 0.15) is 17.6 Å². The molecule has 10 heteroatoms. The summed E-state index contributed by atoms with van der Waals surface area (Å²) in [7, 11) is -1.73. The summed E-state index contributed by atoms with van der Waals surface area (Å²) in [6.45, 7) is 13.8.